The fourth-order valence-electron chi connectivity index (χ4n) is 12.0. The molecule has 1 saturated heterocycles. The van der Waals surface area contributed by atoms with E-state index < -0.39 is 146 Å². The van der Waals surface area contributed by atoms with Crippen LogP contribution in [0.3, 0.4) is 0 Å². The van der Waals surface area contributed by atoms with Crippen LogP contribution in [0, 0.1) is 0 Å². The Morgan fingerprint density at radius 2 is 1.52 bits per heavy atom. The number of aromatic hydroxyl groups is 1. The number of likely N-dealkylation sites (N-methyl/N-ethyl adjacent to an activating group) is 1. The van der Waals surface area contributed by atoms with Crippen molar-refractivity contribution in [2.75, 3.05) is 41.0 Å². The molecule has 1 fully saturated rings. The molecule has 0 spiro atoms. The third-order valence-electron chi connectivity index (χ3n) is 16.7. The van der Waals surface area contributed by atoms with Crippen LogP contribution in [0.1, 0.15) is 120 Å². The van der Waals surface area contributed by atoms with Crippen LogP contribution in [-0.4, -0.2) is 207 Å². The van der Waals surface area contributed by atoms with Gasteiger partial charge >= 0.3 is 18.0 Å². The van der Waals surface area contributed by atoms with Gasteiger partial charge in [-0.3, -0.25) is 19.2 Å². The van der Waals surface area contributed by atoms with Gasteiger partial charge in [0.15, 0.2) is 18.1 Å². The predicted octanol–water partition coefficient (Wildman–Crippen LogP) is 3.32. The number of allylic oxidation sites excluding steroid dienone is 1. The summed E-state index contributed by atoms with van der Waals surface area (Å²) in [6.07, 6.45) is -8.72. The summed E-state index contributed by atoms with van der Waals surface area (Å²) in [4.78, 5) is 132. The summed E-state index contributed by atoms with van der Waals surface area (Å²) in [7, 11) is 4.85. The normalized spacial score (nSPS) is 24.2. The summed E-state index contributed by atoms with van der Waals surface area (Å²) in [6, 6.07) is 0.0818. The molecule has 11 atom stereocenters. The Hall–Kier alpha value is -9.03. The first-order valence-electron chi connectivity index (χ1n) is 30.8. The van der Waals surface area contributed by atoms with E-state index in [1.165, 1.54) is 49.2 Å². The Kier molecular flexibility index (Phi) is 20.7. The molecule has 6 amide bonds. The lowest BCUT2D eigenvalue weighted by molar-refractivity contribution is -0.280. The number of amides is 6. The van der Waals surface area contributed by atoms with Crippen molar-refractivity contribution in [2.24, 2.45) is 0 Å². The van der Waals surface area contributed by atoms with Gasteiger partial charge in [-0.1, -0.05) is 12.1 Å². The fraction of sp³-hybridized carbons (Fsp3) is 0.403. The van der Waals surface area contributed by atoms with Crippen LogP contribution < -0.4 is 31.9 Å². The Balaban J connectivity index is 1.02. The molecule has 11 heterocycles. The molecule has 12 N–H and O–H groups in total. The number of cyclic esters (lactones) is 2. The largest absolute Gasteiger partial charge is 0.506 e. The molecule has 0 radical (unpaired) electrons. The number of aliphatic hydroxyl groups is 4. The van der Waals surface area contributed by atoms with Gasteiger partial charge in [-0.25, -0.2) is 44.3 Å². The van der Waals surface area contributed by atoms with Gasteiger partial charge in [-0.2, -0.15) is 4.73 Å². The third kappa shape index (κ3) is 14.5. The quantitative estimate of drug-likeness (QED) is 0.0502. The second-order valence-corrected chi connectivity index (χ2v) is 28.4. The Labute approximate surface area is 587 Å². The van der Waals surface area contributed by atoms with Crippen LogP contribution in [0.5, 0.6) is 5.75 Å². The summed E-state index contributed by atoms with van der Waals surface area (Å²) in [6.45, 7) is 3.37. The number of hydrogen-bond acceptors (Lipinski definition) is 31. The number of nitrogens with zero attached hydrogens (tertiary/aromatic N) is 8. The zero-order valence-electron chi connectivity index (χ0n) is 54.0. The number of thiazole rings is 5. The number of rotatable bonds is 11. The predicted molar refractivity (Wildman–Crippen MR) is 358 cm³/mol. The maximum absolute atomic E-state index is 15.2. The van der Waals surface area contributed by atoms with Crippen molar-refractivity contribution >= 4 is 115 Å². The van der Waals surface area contributed by atoms with E-state index in [1.807, 2.05) is 0 Å². The molecule has 11 unspecified atom stereocenters. The maximum atomic E-state index is 15.2. The molecule has 33 nitrogen and oxygen atoms in total. The molecule has 0 aliphatic carbocycles. The summed E-state index contributed by atoms with van der Waals surface area (Å²) in [5, 5.41) is 89.8. The minimum Gasteiger partial charge on any atom is -0.506 e. The number of esters is 2. The molecule has 38 heteroatoms. The van der Waals surface area contributed by atoms with E-state index in [1.54, 1.807) is 55.7 Å². The molecule has 12 bridgehead atoms. The summed E-state index contributed by atoms with van der Waals surface area (Å²) in [5.74, 6) is -6.26. The lowest BCUT2D eigenvalue weighted by Gasteiger charge is -2.48. The summed E-state index contributed by atoms with van der Waals surface area (Å²) >= 11 is 4.70. The van der Waals surface area contributed by atoms with Crippen molar-refractivity contribution in [3.63, 3.8) is 0 Å². The highest BCUT2D eigenvalue weighted by Gasteiger charge is 2.50. The average Bonchev–Trinajstić information content (AvgIpc) is 1.57. The van der Waals surface area contributed by atoms with Gasteiger partial charge in [0.1, 0.15) is 114 Å². The van der Waals surface area contributed by atoms with Crippen LogP contribution in [0.2, 0.25) is 0 Å². The van der Waals surface area contributed by atoms with E-state index in [0.717, 1.165) is 56.7 Å². The molecule has 0 saturated carbocycles. The van der Waals surface area contributed by atoms with Gasteiger partial charge in [-0.05, 0) is 59.5 Å². The SMILES string of the molecule is CO/C(C)=C1/NC(=O)C(C(C)O)NC(=O)c2csc(n2)-c2cc(O)c(-c3nc(CNC(=O)NCC(O)CO)cs3)nc2-c2csc(n2)C2COC(=O)c3c4c5c(cccc5n3O)COC(=O)C(OC3CC(C)(O)C(N(C)C)C(C)O3)C(OC4)C(NC(=O)c3csc1n3)c1nc(cs1)C(=O)N2. The van der Waals surface area contributed by atoms with Crippen LogP contribution in [-0.2, 0) is 57.8 Å². The molecule has 12 rings (SSSR count). The van der Waals surface area contributed by atoms with E-state index in [2.05, 4.69) is 46.9 Å². The molecule has 7 aromatic heterocycles. The summed E-state index contributed by atoms with van der Waals surface area (Å²) in [5.41, 5.74) is -1.98. The minimum absolute atomic E-state index is 0.0127. The Morgan fingerprint density at radius 1 is 0.840 bits per heavy atom. The third-order valence-corrected chi connectivity index (χ3v) is 21.2. The lowest BCUT2D eigenvalue weighted by Crippen LogP contribution is -2.62. The zero-order chi connectivity index (χ0) is 71.2. The number of carbonyl (C=O) groups excluding carboxylic acids is 7. The monoisotopic (exact) mass is 1470 g/mol. The van der Waals surface area contributed by atoms with E-state index >= 15 is 14.4 Å². The summed E-state index contributed by atoms with van der Waals surface area (Å²) < 4.78 is 38.3. The first kappa shape index (κ1) is 70.8. The van der Waals surface area contributed by atoms with Gasteiger partial charge in [-0.15, -0.1) is 56.7 Å². The molecule has 528 valence electrons. The van der Waals surface area contributed by atoms with Crippen LogP contribution in [0.15, 0.2) is 56.9 Å². The van der Waals surface area contributed by atoms with Gasteiger partial charge in [0.25, 0.3) is 17.7 Å². The number of methoxy groups -OCH3 is 1. The van der Waals surface area contributed by atoms with Crippen molar-refractivity contribution in [3.8, 4) is 38.4 Å². The highest BCUT2D eigenvalue weighted by molar-refractivity contribution is 7.14. The second kappa shape index (κ2) is 29.3. The average molecular weight is 1470 g/mol. The minimum atomic E-state index is -1.91. The van der Waals surface area contributed by atoms with Gasteiger partial charge in [0.05, 0.1) is 68.0 Å². The zero-order valence-corrected chi connectivity index (χ0v) is 58.1. The van der Waals surface area contributed by atoms with E-state index in [0.29, 0.717) is 16.0 Å². The number of aromatic nitrogens is 7. The molecule has 8 aromatic rings. The molecular formula is C62H66N14O19S5. The number of nitrogens with one attached hydrogen (secondary N) is 6. The van der Waals surface area contributed by atoms with Crippen LogP contribution in [0.4, 0.5) is 4.79 Å². The number of urea groups is 1. The van der Waals surface area contributed by atoms with Crippen molar-refractivity contribution in [2.45, 2.75) is 120 Å². The fourth-order valence-corrected chi connectivity index (χ4v) is 16.2. The van der Waals surface area contributed by atoms with Crippen molar-refractivity contribution in [1.29, 1.82) is 0 Å². The van der Waals surface area contributed by atoms with Crippen molar-refractivity contribution in [3.05, 3.63) is 112 Å². The number of benzene rings is 1. The van der Waals surface area contributed by atoms with Gasteiger partial charge < -0.3 is 96.0 Å². The van der Waals surface area contributed by atoms with E-state index in [-0.39, 0.29) is 112 Å². The number of carbonyl (C=O) groups is 7. The smallest absolute Gasteiger partial charge is 0.358 e. The van der Waals surface area contributed by atoms with Crippen LogP contribution >= 0.6 is 56.7 Å². The highest BCUT2D eigenvalue weighted by Crippen LogP contribution is 2.43. The topological polar surface area (TPSA) is 454 Å². The lowest BCUT2D eigenvalue weighted by atomic mass is 9.85. The molecule has 100 heavy (non-hydrogen) atoms. The molecule has 4 aliphatic heterocycles. The van der Waals surface area contributed by atoms with Gasteiger partial charge in [0, 0.05) is 56.4 Å². The number of hydrogen-bond donors (Lipinski definition) is 12. The standard InChI is InChI=1S/C62H66N14O19S5/c1-24(78)41-53(84)73-42(25(2)90-7)56-69-36(23-99-56)52(83)74-45-47-48(95-39-12-62(4,88)49(75(5)6)26(3)94-39)60(86)92-16-27-9-8-10-37-40(27)31(17-91-47)46(76(37)89)59(85)93-18-32(66-50(81)34-22-100-58(45)70-34)55-67-33(20-98-55)43-30(54-68-35(21-97-54)51(82)72-41)11-38(80)44(71-43)57-65-28(19-96-57)13-63-61(87)64-14-29(79)15-77/h8-11,19-24,26,29,32,39,41,45,47-49,77-80,88-89H,12-18H2,1-7H3,(H,66,81)(H,72,82)(H,73,84)(H,74,83)(H2,63,64,87)/b42-25+. The Morgan fingerprint density at radius 3 is 2.25 bits per heavy atom. The molecule has 1 aromatic carbocycles. The van der Waals surface area contributed by atoms with E-state index in [4.69, 9.17) is 43.4 Å². The number of fused-ring (bicyclic) bond motifs is 15. The van der Waals surface area contributed by atoms with Gasteiger partial charge in [0.2, 0.25) is 5.91 Å². The maximum Gasteiger partial charge on any atom is 0.358 e. The first-order chi connectivity index (χ1) is 47.8. The van der Waals surface area contributed by atoms with Crippen molar-refractivity contribution in [1.82, 2.24) is 71.4 Å². The van der Waals surface area contributed by atoms with Crippen molar-refractivity contribution < 1.29 is 92.7 Å². The molecule has 4 aliphatic rings. The first-order valence-corrected chi connectivity index (χ1v) is 35.2. The Bertz CT molecular complexity index is 4520. The van der Waals surface area contributed by atoms with E-state index in [9.17, 15) is 49.9 Å². The second-order valence-electron chi connectivity index (χ2n) is 24.0. The van der Waals surface area contributed by atoms with Crippen LogP contribution in [0.25, 0.3) is 49.3 Å². The number of aliphatic hydroxyl groups excluding tert-OH is 3. The number of ether oxygens (including phenoxy) is 6. The number of pyridine rings is 1. The molecular weight excluding hydrogens is 1410 g/mol. The highest BCUT2D eigenvalue weighted by atomic mass is 32.1.